The van der Waals surface area contributed by atoms with Gasteiger partial charge in [0.1, 0.15) is 12.1 Å². The largest absolute Gasteiger partial charge is 0.459 e. The van der Waals surface area contributed by atoms with E-state index in [1.54, 1.807) is 21.9 Å². The van der Waals surface area contributed by atoms with Gasteiger partial charge in [-0.15, -0.1) is 0 Å². The summed E-state index contributed by atoms with van der Waals surface area (Å²) in [6.45, 7) is 1.34. The van der Waals surface area contributed by atoms with Gasteiger partial charge in [0.25, 0.3) is 11.8 Å². The Morgan fingerprint density at radius 2 is 1.74 bits per heavy atom. The zero-order chi connectivity index (χ0) is 23.5. The minimum Gasteiger partial charge on any atom is -0.459 e. The predicted octanol–water partition coefficient (Wildman–Crippen LogP) is 3.01. The van der Waals surface area contributed by atoms with E-state index in [0.29, 0.717) is 38.4 Å². The van der Waals surface area contributed by atoms with Crippen molar-refractivity contribution in [2.24, 2.45) is 0 Å². The molecule has 3 amide bonds. The molecule has 0 radical (unpaired) electrons. The summed E-state index contributed by atoms with van der Waals surface area (Å²) in [6, 6.07) is 13.5. The minimum absolute atomic E-state index is 0.0276. The lowest BCUT2D eigenvalue weighted by atomic mass is 9.85. The average molecular weight is 465 g/mol. The molecule has 2 aliphatic heterocycles. The molecule has 5 rings (SSSR count). The number of hydrogen-bond donors (Lipinski definition) is 1. The third kappa shape index (κ3) is 4.29. The number of benzene rings is 1. The van der Waals surface area contributed by atoms with Gasteiger partial charge in [0.05, 0.1) is 12.9 Å². The van der Waals surface area contributed by atoms with Crippen LogP contribution >= 0.6 is 0 Å². The van der Waals surface area contributed by atoms with Crippen LogP contribution < -0.4 is 10.2 Å². The molecule has 1 saturated carbocycles. The van der Waals surface area contributed by atoms with Crippen LogP contribution in [-0.4, -0.2) is 65.4 Å². The number of para-hydroxylation sites is 1. The molecule has 34 heavy (non-hydrogen) atoms. The van der Waals surface area contributed by atoms with E-state index in [0.717, 1.165) is 31.4 Å². The first-order valence-electron chi connectivity index (χ1n) is 12.3. The summed E-state index contributed by atoms with van der Waals surface area (Å²) in [4.78, 5) is 44.9. The van der Waals surface area contributed by atoms with Gasteiger partial charge in [-0.3, -0.25) is 14.4 Å². The van der Waals surface area contributed by atoms with Crippen molar-refractivity contribution in [2.75, 3.05) is 31.2 Å². The highest BCUT2D eigenvalue weighted by molar-refractivity contribution is 5.97. The summed E-state index contributed by atoms with van der Waals surface area (Å²) in [5, 5.41) is 3.14. The Hall–Kier alpha value is -3.29. The molecule has 180 valence electrons. The van der Waals surface area contributed by atoms with Crippen LogP contribution in [0.2, 0.25) is 0 Å². The van der Waals surface area contributed by atoms with E-state index < -0.39 is 5.54 Å². The molecule has 8 heteroatoms. The lowest BCUT2D eigenvalue weighted by Crippen LogP contribution is -2.57. The third-order valence-electron chi connectivity index (χ3n) is 7.50. The number of amides is 3. The second-order valence-electron chi connectivity index (χ2n) is 9.61. The van der Waals surface area contributed by atoms with E-state index in [1.807, 2.05) is 30.3 Å². The number of anilines is 1. The zero-order valence-corrected chi connectivity index (χ0v) is 19.4. The minimum atomic E-state index is -0.758. The number of likely N-dealkylation sites (tertiary alicyclic amines) is 1. The van der Waals surface area contributed by atoms with E-state index in [-0.39, 0.29) is 30.3 Å². The SMILES string of the molecule is O=C(CN1CN(c2ccccc2)C2(CCN(C(=O)c3ccco3)CC2)C1=O)NC1CCCCC1. The molecule has 2 saturated heterocycles. The van der Waals surface area contributed by atoms with E-state index in [1.165, 1.54) is 12.7 Å². The molecule has 1 aromatic heterocycles. The van der Waals surface area contributed by atoms with Crippen LogP contribution in [0.15, 0.2) is 53.1 Å². The molecule has 2 aromatic rings. The molecule has 0 bridgehead atoms. The van der Waals surface area contributed by atoms with Crippen LogP contribution in [0.3, 0.4) is 0 Å². The van der Waals surface area contributed by atoms with Crippen LogP contribution in [0.4, 0.5) is 5.69 Å². The summed E-state index contributed by atoms with van der Waals surface area (Å²) in [5.41, 5.74) is 0.198. The van der Waals surface area contributed by atoms with Crippen molar-refractivity contribution in [1.82, 2.24) is 15.1 Å². The van der Waals surface area contributed by atoms with Gasteiger partial charge in [0, 0.05) is 24.8 Å². The lowest BCUT2D eigenvalue weighted by molar-refractivity contribution is -0.137. The Morgan fingerprint density at radius 1 is 1.00 bits per heavy atom. The van der Waals surface area contributed by atoms with Crippen molar-refractivity contribution in [1.29, 1.82) is 0 Å². The number of rotatable bonds is 5. The molecular formula is C26H32N4O4. The Labute approximate surface area is 199 Å². The highest BCUT2D eigenvalue weighted by Gasteiger charge is 2.54. The van der Waals surface area contributed by atoms with Crippen molar-refractivity contribution in [3.63, 3.8) is 0 Å². The molecule has 3 fully saturated rings. The molecule has 1 aromatic carbocycles. The van der Waals surface area contributed by atoms with Gasteiger partial charge in [0.15, 0.2) is 5.76 Å². The molecule has 3 aliphatic rings. The molecular weight excluding hydrogens is 432 g/mol. The first kappa shape index (κ1) is 22.5. The monoisotopic (exact) mass is 464 g/mol. The van der Waals surface area contributed by atoms with Crippen molar-refractivity contribution in [2.45, 2.75) is 56.5 Å². The molecule has 0 unspecified atom stereocenters. The van der Waals surface area contributed by atoms with Crippen molar-refractivity contribution in [3.05, 3.63) is 54.5 Å². The number of furan rings is 1. The zero-order valence-electron chi connectivity index (χ0n) is 19.4. The lowest BCUT2D eigenvalue weighted by Gasteiger charge is -2.43. The molecule has 1 aliphatic carbocycles. The summed E-state index contributed by atoms with van der Waals surface area (Å²) < 4.78 is 5.28. The number of nitrogens with one attached hydrogen (secondary N) is 1. The van der Waals surface area contributed by atoms with Gasteiger partial charge < -0.3 is 24.4 Å². The molecule has 0 atom stereocenters. The highest BCUT2D eigenvalue weighted by Crippen LogP contribution is 2.39. The summed E-state index contributed by atoms with van der Waals surface area (Å²) in [6.07, 6.45) is 8.05. The summed E-state index contributed by atoms with van der Waals surface area (Å²) >= 11 is 0. The highest BCUT2D eigenvalue weighted by atomic mass is 16.3. The van der Waals surface area contributed by atoms with E-state index in [4.69, 9.17) is 4.42 Å². The van der Waals surface area contributed by atoms with E-state index >= 15 is 0 Å². The number of carbonyl (C=O) groups excluding carboxylic acids is 3. The predicted molar refractivity (Wildman–Crippen MR) is 127 cm³/mol. The van der Waals surface area contributed by atoms with Crippen LogP contribution in [0.25, 0.3) is 0 Å². The van der Waals surface area contributed by atoms with Crippen LogP contribution in [0, 0.1) is 0 Å². The maximum atomic E-state index is 13.8. The molecule has 1 N–H and O–H groups in total. The first-order chi connectivity index (χ1) is 16.6. The average Bonchev–Trinajstić information content (AvgIpc) is 3.49. The molecule has 8 nitrogen and oxygen atoms in total. The number of nitrogens with zero attached hydrogens (tertiary/aromatic N) is 3. The Bertz CT molecular complexity index is 1010. The fraction of sp³-hybridized carbons (Fsp3) is 0.500. The van der Waals surface area contributed by atoms with Gasteiger partial charge in [-0.05, 0) is 49.9 Å². The van der Waals surface area contributed by atoms with Crippen LogP contribution in [-0.2, 0) is 9.59 Å². The Kier molecular flexibility index (Phi) is 6.30. The van der Waals surface area contributed by atoms with Crippen LogP contribution in [0.1, 0.15) is 55.5 Å². The third-order valence-corrected chi connectivity index (χ3v) is 7.50. The first-order valence-corrected chi connectivity index (χ1v) is 12.3. The second kappa shape index (κ2) is 9.52. The van der Waals surface area contributed by atoms with Crippen molar-refractivity contribution in [3.8, 4) is 0 Å². The Morgan fingerprint density at radius 3 is 2.41 bits per heavy atom. The fourth-order valence-corrected chi connectivity index (χ4v) is 5.65. The number of piperidine rings is 1. The van der Waals surface area contributed by atoms with Crippen molar-refractivity contribution >= 4 is 23.4 Å². The summed E-state index contributed by atoms with van der Waals surface area (Å²) in [7, 11) is 0. The van der Waals surface area contributed by atoms with E-state index in [9.17, 15) is 14.4 Å². The second-order valence-corrected chi connectivity index (χ2v) is 9.61. The smallest absolute Gasteiger partial charge is 0.289 e. The quantitative estimate of drug-likeness (QED) is 0.735. The standard InChI is InChI=1S/C26H32N4O4/c31-23(27-20-8-3-1-4-9-20)18-29-19-30(21-10-5-2-6-11-21)26(25(29)33)13-15-28(16-14-26)24(32)22-12-7-17-34-22/h2,5-7,10-12,17,20H,1,3-4,8-9,13-16,18-19H2,(H,27,31). The maximum absolute atomic E-state index is 13.8. The molecule has 3 heterocycles. The maximum Gasteiger partial charge on any atom is 0.289 e. The van der Waals surface area contributed by atoms with Gasteiger partial charge in [-0.1, -0.05) is 37.5 Å². The fourth-order valence-electron chi connectivity index (χ4n) is 5.65. The van der Waals surface area contributed by atoms with E-state index in [2.05, 4.69) is 10.2 Å². The van der Waals surface area contributed by atoms with Gasteiger partial charge in [-0.2, -0.15) is 0 Å². The van der Waals surface area contributed by atoms with Crippen molar-refractivity contribution < 1.29 is 18.8 Å². The number of carbonyl (C=O) groups is 3. The summed E-state index contributed by atoms with van der Waals surface area (Å²) in [5.74, 6) is 0.0471. The van der Waals surface area contributed by atoms with Crippen LogP contribution in [0.5, 0.6) is 0 Å². The van der Waals surface area contributed by atoms with Gasteiger partial charge in [-0.25, -0.2) is 0 Å². The normalized spacial score (nSPS) is 20.7. The van der Waals surface area contributed by atoms with Gasteiger partial charge in [0.2, 0.25) is 5.91 Å². The number of hydrogen-bond acceptors (Lipinski definition) is 5. The topological polar surface area (TPSA) is 86.1 Å². The Balaban J connectivity index is 1.31. The molecule has 1 spiro atoms. The van der Waals surface area contributed by atoms with Gasteiger partial charge >= 0.3 is 0 Å².